The summed E-state index contributed by atoms with van der Waals surface area (Å²) < 4.78 is 37.1. The highest BCUT2D eigenvalue weighted by atomic mass is 32.1. The van der Waals surface area contributed by atoms with Crippen molar-refractivity contribution in [1.29, 1.82) is 0 Å². The van der Waals surface area contributed by atoms with Crippen LogP contribution in [-0.4, -0.2) is 66.1 Å². The molecule has 40 heavy (non-hydrogen) atoms. The minimum atomic E-state index is -2.76. The van der Waals surface area contributed by atoms with Gasteiger partial charge in [-0.3, -0.25) is 0 Å². The summed E-state index contributed by atoms with van der Waals surface area (Å²) in [6.07, 6.45) is -1.65. The van der Waals surface area contributed by atoms with Crippen molar-refractivity contribution in [2.75, 3.05) is 27.9 Å². The molecule has 1 saturated heterocycles. The Labute approximate surface area is 245 Å². The lowest BCUT2D eigenvalue weighted by Crippen LogP contribution is -2.68. The van der Waals surface area contributed by atoms with E-state index in [0.717, 1.165) is 11.3 Å². The van der Waals surface area contributed by atoms with Crippen LogP contribution in [0.2, 0.25) is 5.04 Å². The summed E-state index contributed by atoms with van der Waals surface area (Å²) in [6, 6.07) is 28.9. The van der Waals surface area contributed by atoms with Gasteiger partial charge in [-0.25, -0.2) is 0 Å². The lowest BCUT2D eigenvalue weighted by molar-refractivity contribution is -0.233. The minimum Gasteiger partial charge on any atom is -0.497 e. The Bertz CT molecular complexity index is 1130. The summed E-state index contributed by atoms with van der Waals surface area (Å²) in [6.45, 7) is 7.49. The quantitative estimate of drug-likeness (QED) is 0.258. The number of methoxy groups -OCH3 is 3. The predicted octanol–water partition coefficient (Wildman–Crippen LogP) is 4.84. The van der Waals surface area contributed by atoms with Gasteiger partial charge >= 0.3 is 0 Å². The molecular weight excluding hydrogens is 540 g/mol. The third-order valence-electron chi connectivity index (χ3n) is 7.64. The smallest absolute Gasteiger partial charge is 0.261 e. The molecule has 8 heteroatoms. The van der Waals surface area contributed by atoms with Crippen LogP contribution in [0.4, 0.5) is 0 Å². The van der Waals surface area contributed by atoms with Crippen molar-refractivity contribution in [1.82, 2.24) is 0 Å². The molecule has 0 aromatic heterocycles. The van der Waals surface area contributed by atoms with E-state index in [1.54, 1.807) is 21.3 Å². The second kappa shape index (κ2) is 13.7. The lowest BCUT2D eigenvalue weighted by Gasteiger charge is -2.47. The molecule has 0 unspecified atom stereocenters. The summed E-state index contributed by atoms with van der Waals surface area (Å²) in [5.41, 5.74) is 0.490. The van der Waals surface area contributed by atoms with Crippen molar-refractivity contribution in [2.45, 2.75) is 62.3 Å². The van der Waals surface area contributed by atoms with E-state index in [1.165, 1.54) is 10.4 Å². The molecule has 216 valence electrons. The van der Waals surface area contributed by atoms with Gasteiger partial charge in [0.15, 0.2) is 0 Å². The van der Waals surface area contributed by atoms with E-state index in [1.807, 2.05) is 36.4 Å². The first-order chi connectivity index (χ1) is 19.2. The van der Waals surface area contributed by atoms with E-state index in [4.69, 9.17) is 40.7 Å². The summed E-state index contributed by atoms with van der Waals surface area (Å²) in [5.74, 6) is 0.801. The Balaban J connectivity index is 1.58. The molecule has 6 nitrogen and oxygen atoms in total. The molecule has 0 spiro atoms. The number of hydrogen-bond donors (Lipinski definition) is 1. The van der Waals surface area contributed by atoms with E-state index in [9.17, 15) is 0 Å². The van der Waals surface area contributed by atoms with Crippen LogP contribution in [-0.2, 0) is 30.0 Å². The summed E-state index contributed by atoms with van der Waals surface area (Å²) >= 11 is 4.80. The highest BCUT2D eigenvalue weighted by Crippen LogP contribution is 2.38. The first-order valence-corrected chi connectivity index (χ1v) is 16.1. The third-order valence-corrected chi connectivity index (χ3v) is 13.1. The standard InChI is InChI=1S/C32H42O6SSi/c1-32(2,3)40(25-13-9-7-10-14-25,26-15-11-8-12-16-26)37-22-27-28(34-5)29(35-6)30(31(39)38-27)36-21-23-17-19-24(33-4)20-18-23/h7-20,27-31,39H,21-22H2,1-6H3/t27-,28+,29+,30-,31+/m1/s1. The number of rotatable bonds is 11. The van der Waals surface area contributed by atoms with Gasteiger partial charge in [0.1, 0.15) is 35.6 Å². The van der Waals surface area contributed by atoms with Crippen LogP contribution >= 0.6 is 12.6 Å². The maximum atomic E-state index is 7.16. The van der Waals surface area contributed by atoms with Crippen LogP contribution < -0.4 is 15.1 Å². The van der Waals surface area contributed by atoms with Crippen LogP contribution in [0.15, 0.2) is 84.9 Å². The van der Waals surface area contributed by atoms with Crippen molar-refractivity contribution >= 4 is 31.3 Å². The Morgan fingerprint density at radius 2 is 1.30 bits per heavy atom. The SMILES string of the molecule is COc1ccc(CO[C@@H]2[C@@H](OC)[C@@H](OC)[C@@H](CO[Si](c3ccccc3)(c3ccccc3)C(C)(C)C)O[C@H]2S)cc1. The van der Waals surface area contributed by atoms with Gasteiger partial charge in [-0.05, 0) is 33.1 Å². The normalized spacial score (nSPS) is 23.6. The molecular formula is C32H42O6SSi. The molecule has 1 fully saturated rings. The Hall–Kier alpha value is -2.17. The molecule has 0 bridgehead atoms. The fourth-order valence-corrected chi connectivity index (χ4v) is 10.6. The molecule has 3 aromatic carbocycles. The first kappa shape index (κ1) is 30.8. The number of thiol groups is 1. The second-order valence-corrected chi connectivity index (χ2v) is 15.9. The van der Waals surface area contributed by atoms with Crippen LogP contribution in [0.3, 0.4) is 0 Å². The first-order valence-electron chi connectivity index (χ1n) is 13.6. The van der Waals surface area contributed by atoms with Crippen LogP contribution in [0.5, 0.6) is 5.75 Å². The zero-order valence-corrected chi connectivity index (χ0v) is 26.2. The van der Waals surface area contributed by atoms with Gasteiger partial charge in [-0.2, -0.15) is 0 Å². The summed E-state index contributed by atoms with van der Waals surface area (Å²) in [5, 5.41) is 2.27. The number of ether oxygens (including phenoxy) is 5. The van der Waals surface area contributed by atoms with E-state index < -0.39 is 38.2 Å². The largest absolute Gasteiger partial charge is 0.497 e. The fourth-order valence-electron chi connectivity index (χ4n) is 5.64. The average Bonchev–Trinajstić information content (AvgIpc) is 2.97. The van der Waals surface area contributed by atoms with Crippen molar-refractivity contribution < 1.29 is 28.1 Å². The van der Waals surface area contributed by atoms with Gasteiger partial charge in [-0.15, -0.1) is 12.6 Å². The molecule has 1 aliphatic heterocycles. The molecule has 3 aromatic rings. The van der Waals surface area contributed by atoms with Gasteiger partial charge in [0, 0.05) is 14.2 Å². The van der Waals surface area contributed by atoms with Gasteiger partial charge < -0.3 is 28.1 Å². The van der Waals surface area contributed by atoms with Crippen LogP contribution in [0.25, 0.3) is 0 Å². The van der Waals surface area contributed by atoms with E-state index >= 15 is 0 Å². The Morgan fingerprint density at radius 1 is 0.750 bits per heavy atom. The van der Waals surface area contributed by atoms with Crippen molar-refractivity contribution in [2.24, 2.45) is 0 Å². The molecule has 0 aliphatic carbocycles. The maximum Gasteiger partial charge on any atom is 0.261 e. The highest BCUT2D eigenvalue weighted by molar-refractivity contribution is 7.80. The molecule has 1 heterocycles. The fraction of sp³-hybridized carbons (Fsp3) is 0.438. The van der Waals surface area contributed by atoms with E-state index in [0.29, 0.717) is 13.2 Å². The zero-order chi connectivity index (χ0) is 28.8. The molecule has 1 aliphatic rings. The Morgan fingerprint density at radius 3 is 1.77 bits per heavy atom. The van der Waals surface area contributed by atoms with Gasteiger partial charge in [0.25, 0.3) is 8.32 Å². The summed E-state index contributed by atoms with van der Waals surface area (Å²) in [4.78, 5) is 0. The second-order valence-electron chi connectivity index (χ2n) is 11.1. The monoisotopic (exact) mass is 582 g/mol. The van der Waals surface area contributed by atoms with Crippen molar-refractivity contribution in [3.05, 3.63) is 90.5 Å². The highest BCUT2D eigenvalue weighted by Gasteiger charge is 2.52. The van der Waals surface area contributed by atoms with E-state index in [2.05, 4.69) is 69.3 Å². The molecule has 0 saturated carbocycles. The van der Waals surface area contributed by atoms with Crippen LogP contribution in [0.1, 0.15) is 26.3 Å². The maximum absolute atomic E-state index is 7.16. The number of hydrogen-bond acceptors (Lipinski definition) is 7. The molecule has 0 radical (unpaired) electrons. The van der Waals surface area contributed by atoms with Crippen molar-refractivity contribution in [3.8, 4) is 5.75 Å². The lowest BCUT2D eigenvalue weighted by atomic mass is 9.99. The van der Waals surface area contributed by atoms with Gasteiger partial charge in [-0.1, -0.05) is 93.6 Å². The third kappa shape index (κ3) is 6.49. The number of benzene rings is 3. The minimum absolute atomic E-state index is 0.155. The van der Waals surface area contributed by atoms with Gasteiger partial charge in [0.05, 0.1) is 20.3 Å². The predicted molar refractivity (Wildman–Crippen MR) is 164 cm³/mol. The van der Waals surface area contributed by atoms with Gasteiger partial charge in [0.2, 0.25) is 0 Å². The van der Waals surface area contributed by atoms with Crippen molar-refractivity contribution in [3.63, 3.8) is 0 Å². The average molecular weight is 583 g/mol. The van der Waals surface area contributed by atoms with Crippen LogP contribution in [0, 0.1) is 0 Å². The summed E-state index contributed by atoms with van der Waals surface area (Å²) in [7, 11) is 2.24. The molecule has 0 amide bonds. The zero-order valence-electron chi connectivity index (χ0n) is 24.3. The molecule has 0 N–H and O–H groups in total. The van der Waals surface area contributed by atoms with E-state index in [-0.39, 0.29) is 5.04 Å². The Kier molecular flexibility index (Phi) is 10.5. The topological polar surface area (TPSA) is 55.4 Å². The molecule has 4 rings (SSSR count). The molecule has 5 atom stereocenters.